The fraction of sp³-hybridized carbons (Fsp3) is 0.0455. The summed E-state index contributed by atoms with van der Waals surface area (Å²) in [6.45, 7) is 0. The van der Waals surface area contributed by atoms with Crippen molar-refractivity contribution in [2.24, 2.45) is 0 Å². The van der Waals surface area contributed by atoms with Crippen LogP contribution >= 0.6 is 22.9 Å². The number of nitrogens with zero attached hydrogens (tertiary/aromatic N) is 1. The fourth-order valence-electron chi connectivity index (χ4n) is 3.28. The minimum atomic E-state index is -4.06. The van der Waals surface area contributed by atoms with Crippen molar-refractivity contribution in [1.29, 1.82) is 0 Å². The highest BCUT2D eigenvalue weighted by Gasteiger charge is 2.20. The number of anilines is 2. The predicted octanol–water partition coefficient (Wildman–Crippen LogP) is 4.07. The Labute approximate surface area is 203 Å². The van der Waals surface area contributed by atoms with Crippen molar-refractivity contribution in [2.75, 3.05) is 17.7 Å². The van der Waals surface area contributed by atoms with Crippen molar-refractivity contribution in [3.8, 4) is 5.69 Å². The fourth-order valence-corrected chi connectivity index (χ4v) is 5.67. The lowest BCUT2D eigenvalue weighted by atomic mass is 10.1. The van der Waals surface area contributed by atoms with Crippen molar-refractivity contribution in [1.82, 2.24) is 9.29 Å². The average molecular weight is 517 g/mol. The Morgan fingerprint density at radius 1 is 1.03 bits per heavy atom. The molecular formula is C22H17ClN4O5S2. The monoisotopic (exact) mass is 516 g/mol. The second kappa shape index (κ2) is 9.29. The molecule has 2 aromatic heterocycles. The summed E-state index contributed by atoms with van der Waals surface area (Å²) in [6.07, 6.45) is 2.13. The molecule has 2 amide bonds. The zero-order valence-electron chi connectivity index (χ0n) is 17.5. The smallest absolute Gasteiger partial charge is 0.333 e. The Kier molecular flexibility index (Phi) is 6.42. The molecule has 0 aliphatic rings. The molecule has 4 aromatic rings. The summed E-state index contributed by atoms with van der Waals surface area (Å²) < 4.78 is 27.9. The third-order valence-corrected chi connectivity index (χ3v) is 7.96. The van der Waals surface area contributed by atoms with Crippen LogP contribution < -0.4 is 20.9 Å². The zero-order valence-corrected chi connectivity index (χ0v) is 19.9. The van der Waals surface area contributed by atoms with Gasteiger partial charge in [-0.3, -0.25) is 14.2 Å². The van der Waals surface area contributed by atoms with E-state index in [-0.39, 0.29) is 14.1 Å². The van der Waals surface area contributed by atoms with Gasteiger partial charge in [-0.25, -0.2) is 17.9 Å². The third-order valence-electron chi connectivity index (χ3n) is 4.91. The highest BCUT2D eigenvalue weighted by Crippen LogP contribution is 2.25. The van der Waals surface area contributed by atoms with Crippen LogP contribution in [0.25, 0.3) is 16.5 Å². The summed E-state index contributed by atoms with van der Waals surface area (Å²) in [5.74, 6) is 0. The first-order chi connectivity index (χ1) is 16.2. The number of fused-ring (bicyclic) bond motifs is 1. The Balaban J connectivity index is 1.58. The molecule has 2 aromatic carbocycles. The van der Waals surface area contributed by atoms with Crippen LogP contribution in [0.4, 0.5) is 16.2 Å². The summed E-state index contributed by atoms with van der Waals surface area (Å²) in [7, 11) is -2.32. The van der Waals surface area contributed by atoms with Gasteiger partial charge < -0.3 is 10.6 Å². The molecule has 34 heavy (non-hydrogen) atoms. The van der Waals surface area contributed by atoms with Crippen molar-refractivity contribution in [2.45, 2.75) is 4.21 Å². The van der Waals surface area contributed by atoms with E-state index in [1.807, 2.05) is 4.72 Å². The maximum Gasteiger partial charge on any atom is 0.333 e. The molecule has 0 saturated heterocycles. The van der Waals surface area contributed by atoms with Gasteiger partial charge >= 0.3 is 6.03 Å². The number of urea groups is 1. The summed E-state index contributed by atoms with van der Waals surface area (Å²) in [5, 5.41) is 6.31. The molecule has 0 bridgehead atoms. The second-order valence-electron chi connectivity index (χ2n) is 7.05. The highest BCUT2D eigenvalue weighted by molar-refractivity contribution is 7.92. The molecule has 0 aliphatic heterocycles. The minimum absolute atomic E-state index is 0.0912. The molecular weight excluding hydrogens is 500 g/mol. The van der Waals surface area contributed by atoms with Gasteiger partial charge in [0.1, 0.15) is 4.21 Å². The maximum atomic E-state index is 13.0. The number of sulfonamides is 1. The van der Waals surface area contributed by atoms with Gasteiger partial charge in [-0.2, -0.15) is 0 Å². The Bertz CT molecular complexity index is 1580. The first kappa shape index (κ1) is 23.5. The lowest BCUT2D eigenvalue weighted by Crippen LogP contribution is -2.33. The number of nitrogens with one attached hydrogen (secondary N) is 3. The second-order valence-corrected chi connectivity index (χ2v) is 10.7. The lowest BCUT2D eigenvalue weighted by Gasteiger charge is -2.12. The molecule has 174 valence electrons. The van der Waals surface area contributed by atoms with E-state index in [9.17, 15) is 22.8 Å². The van der Waals surface area contributed by atoms with Gasteiger partial charge in [0.2, 0.25) is 0 Å². The molecule has 9 nitrogen and oxygen atoms in total. The van der Waals surface area contributed by atoms with E-state index in [0.29, 0.717) is 34.0 Å². The number of aldehydes is 1. The Morgan fingerprint density at radius 3 is 2.35 bits per heavy atom. The van der Waals surface area contributed by atoms with Crippen LogP contribution in [0.15, 0.2) is 69.8 Å². The quantitative estimate of drug-likeness (QED) is 0.332. The van der Waals surface area contributed by atoms with Crippen LogP contribution in [0.3, 0.4) is 0 Å². The van der Waals surface area contributed by atoms with E-state index in [1.165, 1.54) is 35.0 Å². The lowest BCUT2D eigenvalue weighted by molar-refractivity contribution is 0.112. The molecule has 3 N–H and O–H groups in total. The molecule has 12 heteroatoms. The Morgan fingerprint density at radius 2 is 1.74 bits per heavy atom. The van der Waals surface area contributed by atoms with Crippen molar-refractivity contribution in [3.05, 3.63) is 81.0 Å². The van der Waals surface area contributed by atoms with Gasteiger partial charge in [0.25, 0.3) is 15.6 Å². The van der Waals surface area contributed by atoms with Gasteiger partial charge in [0, 0.05) is 46.6 Å². The number of carbonyl (C=O) groups is 2. The number of pyridine rings is 1. The van der Waals surface area contributed by atoms with Crippen molar-refractivity contribution in [3.63, 3.8) is 0 Å². The number of aromatic nitrogens is 1. The normalized spacial score (nSPS) is 11.2. The number of hydrogen-bond acceptors (Lipinski definition) is 7. The van der Waals surface area contributed by atoms with E-state index in [2.05, 4.69) is 10.6 Å². The van der Waals surface area contributed by atoms with E-state index in [1.54, 1.807) is 37.4 Å². The summed E-state index contributed by atoms with van der Waals surface area (Å²) in [5.41, 5.74) is 1.54. The first-order valence-corrected chi connectivity index (χ1v) is 12.4. The first-order valence-electron chi connectivity index (χ1n) is 9.74. The van der Waals surface area contributed by atoms with Gasteiger partial charge in [-0.15, -0.1) is 11.3 Å². The predicted molar refractivity (Wildman–Crippen MR) is 133 cm³/mol. The highest BCUT2D eigenvalue weighted by atomic mass is 35.5. The van der Waals surface area contributed by atoms with E-state index >= 15 is 0 Å². The van der Waals surface area contributed by atoms with Crippen LogP contribution in [-0.4, -0.2) is 32.3 Å². The molecule has 0 radical (unpaired) electrons. The number of carbonyl (C=O) groups excluding carboxylic acids is 2. The minimum Gasteiger partial charge on any atom is -0.388 e. The van der Waals surface area contributed by atoms with Crippen LogP contribution in [0.1, 0.15) is 10.4 Å². The number of benzene rings is 2. The molecule has 0 atom stereocenters. The van der Waals surface area contributed by atoms with Gasteiger partial charge in [-0.05, 0) is 54.6 Å². The van der Waals surface area contributed by atoms with E-state index in [0.717, 1.165) is 17.0 Å². The molecule has 0 unspecified atom stereocenters. The molecule has 0 fully saturated rings. The number of hydrogen-bond donors (Lipinski definition) is 3. The molecule has 0 aliphatic carbocycles. The number of thiophene rings is 1. The number of amides is 2. The average Bonchev–Trinajstić information content (AvgIpc) is 3.27. The van der Waals surface area contributed by atoms with E-state index < -0.39 is 16.1 Å². The van der Waals surface area contributed by atoms with Gasteiger partial charge in [0.15, 0.2) is 6.29 Å². The van der Waals surface area contributed by atoms with Crippen LogP contribution in [-0.2, 0) is 10.0 Å². The SMILES string of the molecule is CNc1ccc2c(=O)n(-c3ccc(NC(=O)NS(=O)(=O)c4ccc(Cl)s4)cc3)cc(C=O)c2c1. The number of halogens is 1. The molecule has 0 saturated carbocycles. The Hall–Kier alpha value is -3.67. The van der Waals surface area contributed by atoms with Gasteiger partial charge in [0.05, 0.1) is 4.34 Å². The summed E-state index contributed by atoms with van der Waals surface area (Å²) in [6, 6.07) is 13.0. The standard InChI is InChI=1S/C22H17ClN4O5S2/c1-24-15-4-7-17-18(10-15)13(12-28)11-27(21(17)29)16-5-2-14(3-6-16)25-22(30)26-34(31,32)20-9-8-19(23)33-20/h2-12,24H,1H3,(H2,25,26,30). The van der Waals surface area contributed by atoms with Gasteiger partial charge in [-0.1, -0.05) is 11.6 Å². The summed E-state index contributed by atoms with van der Waals surface area (Å²) in [4.78, 5) is 36.9. The largest absolute Gasteiger partial charge is 0.388 e. The molecule has 2 heterocycles. The number of rotatable bonds is 6. The molecule has 4 rings (SSSR count). The molecule has 0 spiro atoms. The van der Waals surface area contributed by atoms with Crippen LogP contribution in [0.2, 0.25) is 4.34 Å². The zero-order chi connectivity index (χ0) is 24.5. The topological polar surface area (TPSA) is 126 Å². The maximum absolute atomic E-state index is 13.0. The van der Waals surface area contributed by atoms with Crippen LogP contribution in [0.5, 0.6) is 0 Å². The van der Waals surface area contributed by atoms with Crippen molar-refractivity contribution < 1.29 is 18.0 Å². The van der Waals surface area contributed by atoms with E-state index in [4.69, 9.17) is 11.6 Å². The third kappa shape index (κ3) is 4.67. The van der Waals surface area contributed by atoms with Crippen molar-refractivity contribution >= 4 is 67.4 Å². The summed E-state index contributed by atoms with van der Waals surface area (Å²) >= 11 is 6.58. The van der Waals surface area contributed by atoms with Crippen LogP contribution in [0, 0.1) is 0 Å².